The molecular weight excluding hydrogens is 202 g/mol. The van der Waals surface area contributed by atoms with Crippen LogP contribution in [-0.2, 0) is 4.74 Å². The van der Waals surface area contributed by atoms with Gasteiger partial charge >= 0.3 is 0 Å². The Morgan fingerprint density at radius 3 is 2.94 bits per heavy atom. The first kappa shape index (κ1) is 11.2. The van der Waals surface area contributed by atoms with Crippen molar-refractivity contribution in [2.75, 3.05) is 23.7 Å². The first-order valence-corrected chi connectivity index (χ1v) is 5.60. The number of aromatic nitrogens is 1. The third-order valence-electron chi connectivity index (χ3n) is 2.66. The highest BCUT2D eigenvalue weighted by atomic mass is 16.5. The highest BCUT2D eigenvalue weighted by Gasteiger charge is 2.31. The topological polar surface area (TPSA) is 51.4 Å². The second kappa shape index (κ2) is 3.94. The van der Waals surface area contributed by atoms with Crippen LogP contribution in [0.25, 0.3) is 0 Å². The van der Waals surface area contributed by atoms with Gasteiger partial charge in [0.05, 0.1) is 11.7 Å². The van der Waals surface area contributed by atoms with E-state index in [0.29, 0.717) is 0 Å². The SMILES string of the molecule is CC1CN(c2cc(N)ccn2)CC(C)(C)O1. The molecule has 2 rings (SSSR count). The van der Waals surface area contributed by atoms with Crippen LogP contribution in [0.1, 0.15) is 20.8 Å². The summed E-state index contributed by atoms with van der Waals surface area (Å²) in [5.74, 6) is 0.934. The number of anilines is 2. The van der Waals surface area contributed by atoms with Gasteiger partial charge in [0.25, 0.3) is 0 Å². The van der Waals surface area contributed by atoms with Crippen molar-refractivity contribution in [3.8, 4) is 0 Å². The quantitative estimate of drug-likeness (QED) is 0.783. The van der Waals surface area contributed by atoms with Gasteiger partial charge in [-0.25, -0.2) is 4.98 Å². The Bertz CT molecular complexity index is 378. The molecule has 1 fully saturated rings. The minimum absolute atomic E-state index is 0.135. The summed E-state index contributed by atoms with van der Waals surface area (Å²) in [6, 6.07) is 3.71. The van der Waals surface area contributed by atoms with E-state index in [9.17, 15) is 0 Å². The number of pyridine rings is 1. The van der Waals surface area contributed by atoms with Crippen LogP contribution < -0.4 is 10.6 Å². The fourth-order valence-electron chi connectivity index (χ4n) is 2.24. The third kappa shape index (κ3) is 2.44. The van der Waals surface area contributed by atoms with E-state index in [4.69, 9.17) is 10.5 Å². The molecule has 4 heteroatoms. The second-order valence-electron chi connectivity index (χ2n) is 5.02. The van der Waals surface area contributed by atoms with Crippen LogP contribution in [0.4, 0.5) is 11.5 Å². The van der Waals surface area contributed by atoms with Gasteiger partial charge in [-0.2, -0.15) is 0 Å². The Kier molecular flexibility index (Phi) is 2.76. The molecule has 0 aromatic carbocycles. The lowest BCUT2D eigenvalue weighted by Crippen LogP contribution is -2.52. The van der Waals surface area contributed by atoms with Crippen LogP contribution in [0.3, 0.4) is 0 Å². The largest absolute Gasteiger partial charge is 0.399 e. The van der Waals surface area contributed by atoms with E-state index in [2.05, 4.69) is 30.7 Å². The van der Waals surface area contributed by atoms with Crippen LogP contribution in [0.5, 0.6) is 0 Å². The number of nitrogen functional groups attached to an aromatic ring is 1. The molecule has 1 aromatic heterocycles. The van der Waals surface area contributed by atoms with E-state index in [1.165, 1.54) is 0 Å². The maximum absolute atomic E-state index is 5.85. The van der Waals surface area contributed by atoms with Gasteiger partial charge in [-0.1, -0.05) is 0 Å². The molecular formula is C12H19N3O. The van der Waals surface area contributed by atoms with Gasteiger partial charge in [0, 0.05) is 31.0 Å². The molecule has 0 amide bonds. The first-order chi connectivity index (χ1) is 7.46. The zero-order valence-electron chi connectivity index (χ0n) is 10.1. The van der Waals surface area contributed by atoms with Crippen LogP contribution in [-0.4, -0.2) is 29.8 Å². The van der Waals surface area contributed by atoms with Gasteiger partial charge in [-0.05, 0) is 26.8 Å². The van der Waals surface area contributed by atoms with Gasteiger partial charge in [0.15, 0.2) is 0 Å². The van der Waals surface area contributed by atoms with Crippen LogP contribution in [0, 0.1) is 0 Å². The first-order valence-electron chi connectivity index (χ1n) is 5.60. The number of morpholine rings is 1. The Morgan fingerprint density at radius 2 is 2.31 bits per heavy atom. The number of nitrogens with two attached hydrogens (primary N) is 1. The van der Waals surface area contributed by atoms with E-state index in [1.807, 2.05) is 6.07 Å². The molecule has 0 aliphatic carbocycles. The van der Waals surface area contributed by atoms with Crippen LogP contribution >= 0.6 is 0 Å². The minimum Gasteiger partial charge on any atom is -0.399 e. The summed E-state index contributed by atoms with van der Waals surface area (Å²) in [4.78, 5) is 6.58. The molecule has 2 N–H and O–H groups in total. The minimum atomic E-state index is -0.135. The number of ether oxygens (including phenoxy) is 1. The molecule has 88 valence electrons. The van der Waals surface area contributed by atoms with E-state index in [-0.39, 0.29) is 11.7 Å². The summed E-state index contributed by atoms with van der Waals surface area (Å²) in [7, 11) is 0. The lowest BCUT2D eigenvalue weighted by molar-refractivity contribution is -0.0751. The number of hydrogen-bond acceptors (Lipinski definition) is 4. The molecule has 1 saturated heterocycles. The normalized spacial score (nSPS) is 24.4. The molecule has 0 saturated carbocycles. The Balaban J connectivity index is 2.21. The standard InChI is InChI=1S/C12H19N3O/c1-9-7-15(8-12(2,3)16-9)11-6-10(13)4-5-14-11/h4-6,9H,7-8H2,1-3H3,(H2,13,14). The summed E-state index contributed by atoms with van der Waals surface area (Å²) in [6.07, 6.45) is 1.96. The molecule has 1 aliphatic heterocycles. The summed E-state index contributed by atoms with van der Waals surface area (Å²) in [5, 5.41) is 0. The average molecular weight is 221 g/mol. The predicted molar refractivity (Wildman–Crippen MR) is 65.5 cm³/mol. The molecule has 1 unspecified atom stereocenters. The molecule has 1 atom stereocenters. The molecule has 1 aromatic rings. The Hall–Kier alpha value is -1.29. The highest BCUT2D eigenvalue weighted by Crippen LogP contribution is 2.25. The van der Waals surface area contributed by atoms with Gasteiger partial charge in [-0.15, -0.1) is 0 Å². The van der Waals surface area contributed by atoms with Crippen molar-refractivity contribution in [2.45, 2.75) is 32.5 Å². The molecule has 16 heavy (non-hydrogen) atoms. The van der Waals surface area contributed by atoms with E-state index in [1.54, 1.807) is 12.3 Å². The summed E-state index contributed by atoms with van der Waals surface area (Å²) < 4.78 is 5.85. The van der Waals surface area contributed by atoms with Crippen molar-refractivity contribution >= 4 is 11.5 Å². The maximum Gasteiger partial charge on any atom is 0.130 e. The Labute approximate surface area is 96.4 Å². The summed E-state index contributed by atoms with van der Waals surface area (Å²) in [6.45, 7) is 7.98. The smallest absolute Gasteiger partial charge is 0.130 e. The third-order valence-corrected chi connectivity index (χ3v) is 2.66. The van der Waals surface area contributed by atoms with Crippen LogP contribution in [0.15, 0.2) is 18.3 Å². The van der Waals surface area contributed by atoms with Gasteiger partial charge in [0.2, 0.25) is 0 Å². The lowest BCUT2D eigenvalue weighted by Gasteiger charge is -2.42. The van der Waals surface area contributed by atoms with Crippen molar-refractivity contribution in [2.24, 2.45) is 0 Å². The molecule has 0 bridgehead atoms. The average Bonchev–Trinajstić information content (AvgIpc) is 2.14. The van der Waals surface area contributed by atoms with E-state index in [0.717, 1.165) is 24.6 Å². The number of hydrogen-bond donors (Lipinski definition) is 1. The van der Waals surface area contributed by atoms with Crippen molar-refractivity contribution in [3.05, 3.63) is 18.3 Å². The zero-order chi connectivity index (χ0) is 11.8. The van der Waals surface area contributed by atoms with Crippen LogP contribution in [0.2, 0.25) is 0 Å². The maximum atomic E-state index is 5.85. The second-order valence-corrected chi connectivity index (χ2v) is 5.02. The van der Waals surface area contributed by atoms with Crippen molar-refractivity contribution in [1.29, 1.82) is 0 Å². The van der Waals surface area contributed by atoms with E-state index >= 15 is 0 Å². The number of rotatable bonds is 1. The highest BCUT2D eigenvalue weighted by molar-refractivity contribution is 5.50. The monoisotopic (exact) mass is 221 g/mol. The van der Waals surface area contributed by atoms with E-state index < -0.39 is 0 Å². The van der Waals surface area contributed by atoms with Gasteiger partial charge in [-0.3, -0.25) is 0 Å². The Morgan fingerprint density at radius 1 is 1.56 bits per heavy atom. The fourth-order valence-corrected chi connectivity index (χ4v) is 2.24. The van der Waals surface area contributed by atoms with Crippen molar-refractivity contribution < 1.29 is 4.74 Å². The molecule has 0 radical (unpaired) electrons. The molecule has 4 nitrogen and oxygen atoms in total. The molecule has 2 heterocycles. The zero-order valence-corrected chi connectivity index (χ0v) is 10.1. The van der Waals surface area contributed by atoms with Gasteiger partial charge < -0.3 is 15.4 Å². The fraction of sp³-hybridized carbons (Fsp3) is 0.583. The molecule has 0 spiro atoms. The van der Waals surface area contributed by atoms with Gasteiger partial charge in [0.1, 0.15) is 5.82 Å². The van der Waals surface area contributed by atoms with Crippen molar-refractivity contribution in [1.82, 2.24) is 4.98 Å². The summed E-state index contributed by atoms with van der Waals surface area (Å²) in [5.41, 5.74) is 6.39. The predicted octanol–water partition coefficient (Wildman–Crippen LogP) is 1.67. The summed E-state index contributed by atoms with van der Waals surface area (Å²) >= 11 is 0. The lowest BCUT2D eigenvalue weighted by atomic mass is 10.1. The van der Waals surface area contributed by atoms with Crippen molar-refractivity contribution in [3.63, 3.8) is 0 Å². The number of nitrogens with zero attached hydrogens (tertiary/aromatic N) is 2. The molecule has 1 aliphatic rings.